The van der Waals surface area contributed by atoms with E-state index in [9.17, 15) is 15.0 Å². The van der Waals surface area contributed by atoms with Crippen molar-refractivity contribution in [2.45, 2.75) is 83.6 Å². The Morgan fingerprint density at radius 1 is 1.09 bits per heavy atom. The van der Waals surface area contributed by atoms with E-state index in [2.05, 4.69) is 22.1 Å². The molecule has 7 heteroatoms. The minimum atomic E-state index is -0.353. The van der Waals surface area contributed by atoms with Gasteiger partial charge in [-0.2, -0.15) is 0 Å². The maximum Gasteiger partial charge on any atom is 0.417 e. The third-order valence-electron chi connectivity index (χ3n) is 7.52. The molecule has 2 aliphatic rings. The summed E-state index contributed by atoms with van der Waals surface area (Å²) in [6.07, 6.45) is 13.8. The number of aromatic hydroxyl groups is 2. The Morgan fingerprint density at radius 3 is 2.80 bits per heavy atom. The number of nitrogens with one attached hydrogen (secondary N) is 2. The molecule has 0 saturated carbocycles. The van der Waals surface area contributed by atoms with Crippen molar-refractivity contribution >= 4 is 6.08 Å². The van der Waals surface area contributed by atoms with Crippen LogP contribution in [0.5, 0.6) is 11.5 Å². The van der Waals surface area contributed by atoms with Gasteiger partial charge in [0.05, 0.1) is 5.69 Å². The number of phenols is 2. The van der Waals surface area contributed by atoms with Gasteiger partial charge in [-0.15, -0.1) is 0 Å². The second-order valence-electron chi connectivity index (χ2n) is 10.1. The van der Waals surface area contributed by atoms with Crippen molar-refractivity contribution in [1.29, 1.82) is 0 Å². The summed E-state index contributed by atoms with van der Waals surface area (Å²) in [6, 6.07) is 4.13. The van der Waals surface area contributed by atoms with Crippen LogP contribution in [0.4, 0.5) is 0 Å². The second kappa shape index (κ2) is 12.5. The van der Waals surface area contributed by atoms with Crippen LogP contribution in [0.1, 0.15) is 80.9 Å². The van der Waals surface area contributed by atoms with Crippen molar-refractivity contribution in [2.75, 3.05) is 26.2 Å². The number of aromatic amines is 1. The summed E-state index contributed by atoms with van der Waals surface area (Å²) >= 11 is 0. The lowest BCUT2D eigenvalue weighted by molar-refractivity contribution is 0.175. The molecule has 4 rings (SSSR count). The first-order chi connectivity index (χ1) is 17.0. The average Bonchev–Trinajstić information content (AvgIpc) is 3.23. The Morgan fingerprint density at radius 2 is 1.94 bits per heavy atom. The molecular formula is C28H41N3O4. The van der Waals surface area contributed by atoms with E-state index < -0.39 is 0 Å². The first kappa shape index (κ1) is 25.6. The van der Waals surface area contributed by atoms with Gasteiger partial charge in [0.2, 0.25) is 0 Å². The highest BCUT2D eigenvalue weighted by Crippen LogP contribution is 2.36. The summed E-state index contributed by atoms with van der Waals surface area (Å²) in [4.78, 5) is 16.7. The Hall–Kier alpha value is -2.51. The van der Waals surface area contributed by atoms with Gasteiger partial charge < -0.3 is 24.8 Å². The maximum absolute atomic E-state index is 11.3. The third kappa shape index (κ3) is 6.79. The smallest absolute Gasteiger partial charge is 0.417 e. The molecule has 0 bridgehead atoms. The molecule has 0 spiro atoms. The predicted molar refractivity (Wildman–Crippen MR) is 139 cm³/mol. The number of H-pyrrole nitrogens is 1. The summed E-state index contributed by atoms with van der Waals surface area (Å²) in [5, 5.41) is 23.5. The van der Waals surface area contributed by atoms with Gasteiger partial charge in [0.1, 0.15) is 0 Å². The Labute approximate surface area is 208 Å². The SMILES string of the molecule is CCCN(CCCCCCNCCC1=Cc2oc(=O)[nH]c2CC1)[C@H]1CCc2c(ccc(O)c2O)C1. The van der Waals surface area contributed by atoms with Crippen LogP contribution in [0.15, 0.2) is 26.9 Å². The van der Waals surface area contributed by atoms with Crippen LogP contribution in [-0.2, 0) is 19.3 Å². The molecule has 4 N–H and O–H groups in total. The quantitative estimate of drug-likeness (QED) is 0.247. The highest BCUT2D eigenvalue weighted by atomic mass is 16.4. The normalized spacial score (nSPS) is 17.3. The van der Waals surface area contributed by atoms with Crippen LogP contribution in [0.2, 0.25) is 0 Å². The van der Waals surface area contributed by atoms with Crippen LogP contribution in [0.3, 0.4) is 0 Å². The zero-order chi connectivity index (χ0) is 24.6. The summed E-state index contributed by atoms with van der Waals surface area (Å²) in [7, 11) is 0. The van der Waals surface area contributed by atoms with Gasteiger partial charge in [0.15, 0.2) is 17.3 Å². The molecule has 1 heterocycles. The van der Waals surface area contributed by atoms with Crippen molar-refractivity contribution in [3.05, 3.63) is 50.8 Å². The molecular weight excluding hydrogens is 442 g/mol. The van der Waals surface area contributed by atoms with Gasteiger partial charge in [-0.3, -0.25) is 4.98 Å². The van der Waals surface area contributed by atoms with Crippen molar-refractivity contribution < 1.29 is 14.6 Å². The molecule has 0 fully saturated rings. The Bertz CT molecular complexity index is 1050. The number of hydrogen-bond acceptors (Lipinski definition) is 6. The van der Waals surface area contributed by atoms with E-state index >= 15 is 0 Å². The molecule has 0 unspecified atom stereocenters. The molecule has 1 aromatic carbocycles. The number of rotatable bonds is 13. The number of phenolic OH excluding ortho intramolecular Hbond substituents is 2. The van der Waals surface area contributed by atoms with E-state index in [1.54, 1.807) is 6.07 Å². The number of unbranched alkanes of at least 4 members (excludes halogenated alkanes) is 3. The predicted octanol–water partition coefficient (Wildman–Crippen LogP) is 4.52. The minimum Gasteiger partial charge on any atom is -0.504 e. The fourth-order valence-corrected chi connectivity index (χ4v) is 5.59. The van der Waals surface area contributed by atoms with Gasteiger partial charge in [0, 0.05) is 11.6 Å². The number of nitrogens with zero attached hydrogens (tertiary/aromatic N) is 1. The van der Waals surface area contributed by atoms with Crippen LogP contribution >= 0.6 is 0 Å². The molecule has 35 heavy (non-hydrogen) atoms. The maximum atomic E-state index is 11.3. The fourth-order valence-electron chi connectivity index (χ4n) is 5.59. The molecule has 1 atom stereocenters. The molecule has 2 aliphatic carbocycles. The number of hydrogen-bond donors (Lipinski definition) is 4. The van der Waals surface area contributed by atoms with Crippen LogP contribution in [0.25, 0.3) is 6.08 Å². The van der Waals surface area contributed by atoms with E-state index in [0.29, 0.717) is 11.8 Å². The zero-order valence-corrected chi connectivity index (χ0v) is 21.1. The third-order valence-corrected chi connectivity index (χ3v) is 7.52. The number of fused-ring (bicyclic) bond motifs is 2. The van der Waals surface area contributed by atoms with Crippen molar-refractivity contribution in [3.8, 4) is 11.5 Å². The highest BCUT2D eigenvalue weighted by molar-refractivity contribution is 5.52. The van der Waals surface area contributed by atoms with E-state index in [-0.39, 0.29) is 17.3 Å². The van der Waals surface area contributed by atoms with E-state index in [0.717, 1.165) is 82.4 Å². The molecule has 2 aromatic rings. The number of oxazole rings is 1. The zero-order valence-electron chi connectivity index (χ0n) is 21.1. The van der Waals surface area contributed by atoms with Crippen molar-refractivity contribution in [1.82, 2.24) is 15.2 Å². The van der Waals surface area contributed by atoms with E-state index in [4.69, 9.17) is 4.42 Å². The first-order valence-electron chi connectivity index (χ1n) is 13.4. The lowest BCUT2D eigenvalue weighted by Crippen LogP contribution is -2.40. The topological polar surface area (TPSA) is 102 Å². The van der Waals surface area contributed by atoms with Gasteiger partial charge in [-0.1, -0.05) is 31.4 Å². The average molecular weight is 484 g/mol. The molecule has 0 radical (unpaired) electrons. The molecule has 0 amide bonds. The van der Waals surface area contributed by atoms with Gasteiger partial charge >= 0.3 is 5.76 Å². The summed E-state index contributed by atoms with van der Waals surface area (Å²) in [6.45, 7) is 6.52. The second-order valence-corrected chi connectivity index (χ2v) is 10.1. The molecule has 0 aliphatic heterocycles. The fraction of sp³-hybridized carbons (Fsp3) is 0.607. The number of aryl methyl sites for hydroxylation is 1. The summed E-state index contributed by atoms with van der Waals surface area (Å²) < 4.78 is 5.18. The molecule has 1 aromatic heterocycles. The van der Waals surface area contributed by atoms with E-state index in [1.807, 2.05) is 12.1 Å². The lowest BCUT2D eigenvalue weighted by atomic mass is 9.86. The van der Waals surface area contributed by atoms with Crippen LogP contribution in [0, 0.1) is 0 Å². The highest BCUT2D eigenvalue weighted by Gasteiger charge is 2.26. The van der Waals surface area contributed by atoms with Gasteiger partial charge in [-0.05, 0) is 102 Å². The van der Waals surface area contributed by atoms with Crippen LogP contribution in [-0.4, -0.2) is 52.3 Å². The van der Waals surface area contributed by atoms with Crippen LogP contribution < -0.4 is 11.1 Å². The molecule has 192 valence electrons. The largest absolute Gasteiger partial charge is 0.504 e. The van der Waals surface area contributed by atoms with Crippen molar-refractivity contribution in [3.63, 3.8) is 0 Å². The van der Waals surface area contributed by atoms with E-state index in [1.165, 1.54) is 36.8 Å². The number of benzene rings is 1. The standard InChI is InChI=1S/C28H41N3O4/c1-2-16-31(22-9-10-23-21(19-22)8-12-25(32)27(23)33)17-6-4-3-5-14-29-15-13-20-7-11-24-26(18-20)35-28(34)30-24/h8,12,18,22,29,32-33H,2-7,9-11,13-17,19H2,1H3,(H,30,34)/t22-/m0/s1. The van der Waals surface area contributed by atoms with Gasteiger partial charge in [0.25, 0.3) is 0 Å². The Kier molecular flexibility index (Phi) is 9.10. The number of aromatic nitrogens is 1. The monoisotopic (exact) mass is 483 g/mol. The van der Waals surface area contributed by atoms with Crippen molar-refractivity contribution in [2.24, 2.45) is 0 Å². The first-order valence-corrected chi connectivity index (χ1v) is 13.4. The summed E-state index contributed by atoms with van der Waals surface area (Å²) in [5.41, 5.74) is 4.40. The minimum absolute atomic E-state index is 0.00154. The lowest BCUT2D eigenvalue weighted by Gasteiger charge is -2.35. The Balaban J connectivity index is 1.09. The van der Waals surface area contributed by atoms with Gasteiger partial charge in [-0.25, -0.2) is 4.79 Å². The molecule has 7 nitrogen and oxygen atoms in total. The summed E-state index contributed by atoms with van der Waals surface area (Å²) in [5.74, 6) is 0.436. The molecule has 0 saturated heterocycles.